The highest BCUT2D eigenvalue weighted by molar-refractivity contribution is 5.94. The lowest BCUT2D eigenvalue weighted by Gasteiger charge is -2.08. The van der Waals surface area contributed by atoms with Gasteiger partial charge in [0, 0.05) is 36.0 Å². The van der Waals surface area contributed by atoms with Gasteiger partial charge in [-0.05, 0) is 90.6 Å². The summed E-state index contributed by atoms with van der Waals surface area (Å²) in [6.45, 7) is 4.18. The van der Waals surface area contributed by atoms with Crippen molar-refractivity contribution in [3.63, 3.8) is 0 Å². The summed E-state index contributed by atoms with van der Waals surface area (Å²) in [7, 11) is 1.64. The summed E-state index contributed by atoms with van der Waals surface area (Å²) in [5.74, 6) is 0.179. The molecule has 0 aromatic heterocycles. The first-order chi connectivity index (χ1) is 23.1. The molecule has 0 unspecified atom stereocenters. The molecule has 10 heteroatoms. The van der Waals surface area contributed by atoms with Crippen LogP contribution in [0.4, 0.5) is 28.4 Å². The van der Waals surface area contributed by atoms with Crippen LogP contribution >= 0.6 is 0 Å². The van der Waals surface area contributed by atoms with Gasteiger partial charge in [-0.3, -0.25) is 9.59 Å². The van der Waals surface area contributed by atoms with Crippen molar-refractivity contribution in [3.8, 4) is 16.9 Å². The molecule has 10 nitrogen and oxygen atoms in total. The molecule has 0 atom stereocenters. The van der Waals surface area contributed by atoms with E-state index < -0.39 is 5.97 Å². The number of benzene rings is 4. The second-order valence-corrected chi connectivity index (χ2v) is 11.1. The minimum Gasteiger partial charge on any atom is -0.497 e. The Morgan fingerprint density at radius 3 is 1.96 bits per heavy atom. The fourth-order valence-corrected chi connectivity index (χ4v) is 4.51. The highest BCUT2D eigenvalue weighted by atomic mass is 16.5. The minimum atomic E-state index is -0.460. The molecule has 2 amide bonds. The Morgan fingerprint density at radius 2 is 1.35 bits per heavy atom. The number of carbonyl (C=O) groups is 3. The van der Waals surface area contributed by atoms with Crippen LogP contribution < -0.4 is 32.6 Å². The molecule has 0 fully saturated rings. The molecule has 0 aliphatic rings. The van der Waals surface area contributed by atoms with Crippen LogP contribution in [0.25, 0.3) is 17.2 Å². The molecule has 4 aromatic carbocycles. The van der Waals surface area contributed by atoms with E-state index in [1.165, 1.54) is 6.08 Å². The van der Waals surface area contributed by atoms with Crippen molar-refractivity contribution in [1.29, 1.82) is 0 Å². The molecule has 0 saturated heterocycles. The van der Waals surface area contributed by atoms with Crippen molar-refractivity contribution in [3.05, 3.63) is 102 Å². The molecule has 48 heavy (non-hydrogen) atoms. The van der Waals surface area contributed by atoms with Crippen molar-refractivity contribution in [2.24, 2.45) is 0 Å². The summed E-state index contributed by atoms with van der Waals surface area (Å²) in [5, 5.41) is 5.53. The van der Waals surface area contributed by atoms with Crippen LogP contribution in [-0.4, -0.2) is 31.5 Å². The normalized spacial score (nSPS) is 10.5. The van der Waals surface area contributed by atoms with Crippen LogP contribution in [-0.2, 0) is 19.1 Å². The number of anilines is 5. The molecule has 4 rings (SSSR count). The summed E-state index contributed by atoms with van der Waals surface area (Å²) in [4.78, 5) is 35.4. The summed E-state index contributed by atoms with van der Waals surface area (Å²) >= 11 is 0. The lowest BCUT2D eigenvalue weighted by atomic mass is 10.0. The van der Waals surface area contributed by atoms with Gasteiger partial charge in [0.05, 0.1) is 25.1 Å². The van der Waals surface area contributed by atoms with Crippen LogP contribution in [0.5, 0.6) is 5.75 Å². The van der Waals surface area contributed by atoms with E-state index in [0.717, 1.165) is 40.8 Å². The zero-order valence-electron chi connectivity index (χ0n) is 27.8. The van der Waals surface area contributed by atoms with E-state index in [4.69, 9.17) is 26.7 Å². The number of esters is 1. The van der Waals surface area contributed by atoms with Gasteiger partial charge < -0.3 is 37.3 Å². The topological polar surface area (TPSA) is 172 Å². The van der Waals surface area contributed by atoms with Gasteiger partial charge in [-0.1, -0.05) is 55.8 Å². The largest absolute Gasteiger partial charge is 0.497 e. The summed E-state index contributed by atoms with van der Waals surface area (Å²) in [6.07, 6.45) is 6.17. The van der Waals surface area contributed by atoms with Crippen molar-refractivity contribution in [2.45, 2.75) is 46.0 Å². The molecule has 8 N–H and O–H groups in total. The summed E-state index contributed by atoms with van der Waals surface area (Å²) < 4.78 is 10.3. The number of amides is 2. The fraction of sp³-hybridized carbons (Fsp3) is 0.237. The van der Waals surface area contributed by atoms with E-state index in [9.17, 15) is 14.4 Å². The zero-order valence-corrected chi connectivity index (χ0v) is 27.8. The SMILES string of the molecule is CCCCC(=O)Nc1ccc(C)cc1N.COc1ccc(-c2ccc(/C=C/C(=O)OCCCC(=O)Nc3cc(N)cc(N)c3)cc2)cc1. The predicted octanol–water partition coefficient (Wildman–Crippen LogP) is 7.21. The van der Waals surface area contributed by atoms with Gasteiger partial charge in [0.2, 0.25) is 11.8 Å². The number of hydrogen-bond donors (Lipinski definition) is 5. The zero-order chi connectivity index (χ0) is 34.9. The quantitative estimate of drug-likeness (QED) is 0.0437. The standard InChI is InChI=1S/C26H27N3O4.C12H18N2O/c1-32-24-11-9-20(10-12-24)19-7-4-18(5-8-19)6-13-26(31)33-14-2-3-25(30)29-23-16-21(27)15-22(28)17-23;1-3-4-5-12(15)14-11-7-6-9(2)8-10(11)13/h4-13,15-17H,2-3,14,27-28H2,1H3,(H,29,30);6-8H,3-5,13H2,1-2H3,(H,14,15)/b13-6+;. The summed E-state index contributed by atoms with van der Waals surface area (Å²) in [5.41, 5.74) is 24.1. The van der Waals surface area contributed by atoms with Gasteiger partial charge in [-0.25, -0.2) is 4.79 Å². The Balaban J connectivity index is 0.000000348. The number of aryl methyl sites for hydroxylation is 1. The second kappa shape index (κ2) is 19.0. The van der Waals surface area contributed by atoms with Crippen molar-refractivity contribution in [1.82, 2.24) is 0 Å². The first kappa shape index (κ1) is 36.7. The fourth-order valence-electron chi connectivity index (χ4n) is 4.51. The predicted molar refractivity (Wildman–Crippen MR) is 195 cm³/mol. The lowest BCUT2D eigenvalue weighted by molar-refractivity contribution is -0.138. The van der Waals surface area contributed by atoms with E-state index in [1.54, 1.807) is 31.4 Å². The number of carbonyl (C=O) groups excluding carboxylic acids is 3. The molecule has 0 bridgehead atoms. The summed E-state index contributed by atoms with van der Waals surface area (Å²) in [6, 6.07) is 26.1. The Morgan fingerprint density at radius 1 is 0.750 bits per heavy atom. The van der Waals surface area contributed by atoms with E-state index in [2.05, 4.69) is 17.6 Å². The molecular weight excluding hydrogens is 606 g/mol. The number of nitrogens with two attached hydrogens (primary N) is 3. The number of nitrogens with one attached hydrogen (secondary N) is 2. The Bertz CT molecular complexity index is 1660. The molecule has 0 heterocycles. The first-order valence-electron chi connectivity index (χ1n) is 15.8. The van der Waals surface area contributed by atoms with Gasteiger partial charge in [0.25, 0.3) is 0 Å². The third-order valence-corrected chi connectivity index (χ3v) is 7.04. The number of unbranched alkanes of at least 4 members (excludes halogenated alkanes) is 1. The molecule has 0 spiro atoms. The van der Waals surface area contributed by atoms with Crippen LogP contribution in [0.3, 0.4) is 0 Å². The van der Waals surface area contributed by atoms with Crippen LogP contribution in [0, 0.1) is 6.92 Å². The maximum absolute atomic E-state index is 12.0. The average Bonchev–Trinajstić information content (AvgIpc) is 3.06. The van der Waals surface area contributed by atoms with Gasteiger partial charge in [0.1, 0.15) is 5.75 Å². The molecule has 0 aliphatic carbocycles. The van der Waals surface area contributed by atoms with E-state index in [0.29, 0.717) is 41.3 Å². The maximum atomic E-state index is 12.0. The van der Waals surface area contributed by atoms with Crippen molar-refractivity contribution >= 4 is 52.3 Å². The monoisotopic (exact) mass is 651 g/mol. The van der Waals surface area contributed by atoms with Gasteiger partial charge >= 0.3 is 5.97 Å². The lowest BCUT2D eigenvalue weighted by Crippen LogP contribution is -2.13. The van der Waals surface area contributed by atoms with Crippen molar-refractivity contribution < 1.29 is 23.9 Å². The number of hydrogen-bond acceptors (Lipinski definition) is 8. The minimum absolute atomic E-state index is 0.0346. The highest BCUT2D eigenvalue weighted by Crippen LogP contribution is 2.23. The molecule has 0 aliphatic heterocycles. The van der Waals surface area contributed by atoms with Crippen LogP contribution in [0.2, 0.25) is 0 Å². The smallest absolute Gasteiger partial charge is 0.330 e. The maximum Gasteiger partial charge on any atom is 0.330 e. The highest BCUT2D eigenvalue weighted by Gasteiger charge is 2.06. The number of ether oxygens (including phenoxy) is 2. The molecular formula is C38H45N5O5. The van der Waals surface area contributed by atoms with Crippen LogP contribution in [0.15, 0.2) is 91.0 Å². The van der Waals surface area contributed by atoms with Gasteiger partial charge in [-0.2, -0.15) is 0 Å². The molecule has 4 aromatic rings. The Hall–Kier alpha value is -5.77. The van der Waals surface area contributed by atoms with Gasteiger partial charge in [-0.15, -0.1) is 0 Å². The van der Waals surface area contributed by atoms with Crippen molar-refractivity contribution in [2.75, 3.05) is 41.6 Å². The number of methoxy groups -OCH3 is 1. The molecule has 0 saturated carbocycles. The second-order valence-electron chi connectivity index (χ2n) is 11.1. The van der Waals surface area contributed by atoms with Crippen LogP contribution in [0.1, 0.15) is 50.2 Å². The number of nitrogen functional groups attached to an aromatic ring is 3. The molecule has 0 radical (unpaired) electrons. The Labute approximate surface area is 282 Å². The third kappa shape index (κ3) is 12.9. The molecule has 252 valence electrons. The van der Waals surface area contributed by atoms with E-state index in [1.807, 2.05) is 73.7 Å². The van der Waals surface area contributed by atoms with Gasteiger partial charge in [0.15, 0.2) is 0 Å². The third-order valence-electron chi connectivity index (χ3n) is 7.04. The number of rotatable bonds is 13. The average molecular weight is 652 g/mol. The Kier molecular flexibility index (Phi) is 14.5. The first-order valence-corrected chi connectivity index (χ1v) is 15.8. The van der Waals surface area contributed by atoms with E-state index in [-0.39, 0.29) is 24.8 Å². The van der Waals surface area contributed by atoms with E-state index >= 15 is 0 Å².